The Balaban J connectivity index is 1.53. The van der Waals surface area contributed by atoms with Gasteiger partial charge in [-0.3, -0.25) is 19.4 Å². The highest BCUT2D eigenvalue weighted by molar-refractivity contribution is 7.99. The van der Waals surface area contributed by atoms with Gasteiger partial charge in [0.25, 0.3) is 0 Å². The van der Waals surface area contributed by atoms with Crippen molar-refractivity contribution in [2.75, 3.05) is 49.9 Å². The first kappa shape index (κ1) is 33.6. The molecule has 1 aliphatic heterocycles. The quantitative estimate of drug-likeness (QED) is 0.272. The summed E-state index contributed by atoms with van der Waals surface area (Å²) in [6, 6.07) is 9.92. The second-order valence-corrected chi connectivity index (χ2v) is 13.7. The van der Waals surface area contributed by atoms with E-state index in [0.29, 0.717) is 24.2 Å². The summed E-state index contributed by atoms with van der Waals surface area (Å²) in [5.41, 5.74) is 1.30. The predicted molar refractivity (Wildman–Crippen MR) is 170 cm³/mol. The number of hydrogen-bond donors (Lipinski definition) is 2. The van der Waals surface area contributed by atoms with Crippen molar-refractivity contribution >= 4 is 41.4 Å². The first-order chi connectivity index (χ1) is 19.8. The largest absolute Gasteiger partial charge is 0.449 e. The summed E-state index contributed by atoms with van der Waals surface area (Å²) < 4.78 is 5.36. The number of carbonyl (C=O) groups is 3. The van der Waals surface area contributed by atoms with Gasteiger partial charge in [-0.25, -0.2) is 4.79 Å². The number of rotatable bonds is 15. The Hall–Kier alpha value is -1.91. The third kappa shape index (κ3) is 12.9. The highest BCUT2D eigenvalue weighted by atomic mass is 32.2. The average molecular weight is 607 g/mol. The molecule has 1 aromatic carbocycles. The van der Waals surface area contributed by atoms with E-state index in [1.54, 1.807) is 11.8 Å². The maximum atomic E-state index is 13.5. The summed E-state index contributed by atoms with van der Waals surface area (Å²) in [5.74, 6) is 2.32. The van der Waals surface area contributed by atoms with Crippen molar-refractivity contribution in [1.29, 1.82) is 0 Å². The first-order valence-corrected chi connectivity index (χ1v) is 17.7. The molecule has 0 aromatic heterocycles. The molecule has 8 nitrogen and oxygen atoms in total. The van der Waals surface area contributed by atoms with Crippen molar-refractivity contribution < 1.29 is 19.1 Å². The van der Waals surface area contributed by atoms with Gasteiger partial charge in [0, 0.05) is 31.4 Å². The molecule has 230 valence electrons. The highest BCUT2D eigenvalue weighted by Gasteiger charge is 2.28. The molecule has 1 heterocycles. The van der Waals surface area contributed by atoms with Gasteiger partial charge in [0.2, 0.25) is 11.8 Å². The van der Waals surface area contributed by atoms with Crippen molar-refractivity contribution in [1.82, 2.24) is 20.4 Å². The Morgan fingerprint density at radius 3 is 2.41 bits per heavy atom. The van der Waals surface area contributed by atoms with Crippen LogP contribution in [-0.2, 0) is 20.9 Å². The second-order valence-electron chi connectivity index (χ2n) is 11.8. The molecule has 2 N–H and O–H groups in total. The minimum absolute atomic E-state index is 0.0938. The van der Waals surface area contributed by atoms with Gasteiger partial charge in [-0.2, -0.15) is 11.8 Å². The highest BCUT2D eigenvalue weighted by Crippen LogP contribution is 2.27. The van der Waals surface area contributed by atoms with Gasteiger partial charge >= 0.3 is 6.09 Å². The number of ether oxygens (including phenoxy) is 1. The Labute approximate surface area is 255 Å². The van der Waals surface area contributed by atoms with E-state index in [1.807, 2.05) is 26.2 Å². The lowest BCUT2D eigenvalue weighted by Crippen LogP contribution is -2.54. The molecule has 0 spiro atoms. The molecule has 1 aliphatic carbocycles. The molecule has 2 aliphatic rings. The summed E-state index contributed by atoms with van der Waals surface area (Å²) >= 11 is 3.21. The molecule has 3 amide bonds. The minimum atomic E-state index is -0.638. The standard InChI is InChI=1S/C31H50N4O4S2/c1-24(2)20-39-31(38)35(23-40-3)19-29(36)33-28(22-41-21-26-12-8-5-9-13-26)30(37)32-27-14-16-34(17-15-27)18-25-10-6-4-7-11-25/h4,6-7,10-11,24,26-28H,5,8-9,12-23H2,1-3H3,(H,32,37)(H,33,36). The predicted octanol–water partition coefficient (Wildman–Crippen LogP) is 4.98. The topological polar surface area (TPSA) is 91.0 Å². The van der Waals surface area contributed by atoms with E-state index in [-0.39, 0.29) is 30.3 Å². The number of hydrogen-bond acceptors (Lipinski definition) is 7. The van der Waals surface area contributed by atoms with Crippen LogP contribution in [0.15, 0.2) is 30.3 Å². The number of nitrogens with one attached hydrogen (secondary N) is 2. The average Bonchev–Trinajstić information content (AvgIpc) is 2.97. The number of amides is 3. The molecule has 41 heavy (non-hydrogen) atoms. The van der Waals surface area contributed by atoms with E-state index in [2.05, 4.69) is 39.8 Å². The second kappa shape index (κ2) is 18.6. The van der Waals surface area contributed by atoms with E-state index < -0.39 is 12.1 Å². The van der Waals surface area contributed by atoms with Crippen LogP contribution in [0.4, 0.5) is 4.79 Å². The number of piperidine rings is 1. The Bertz CT molecular complexity index is 922. The smallest absolute Gasteiger partial charge is 0.410 e. The maximum absolute atomic E-state index is 13.5. The van der Waals surface area contributed by atoms with Crippen LogP contribution in [0.1, 0.15) is 64.4 Å². The van der Waals surface area contributed by atoms with Crippen molar-refractivity contribution in [2.45, 2.75) is 77.4 Å². The summed E-state index contributed by atoms with van der Waals surface area (Å²) in [7, 11) is 0. The fourth-order valence-corrected chi connectivity index (χ4v) is 7.11. The van der Waals surface area contributed by atoms with Crippen LogP contribution in [0.3, 0.4) is 0 Å². The number of benzene rings is 1. The maximum Gasteiger partial charge on any atom is 0.410 e. The van der Waals surface area contributed by atoms with Gasteiger partial charge in [-0.15, -0.1) is 11.8 Å². The monoisotopic (exact) mass is 606 g/mol. The zero-order valence-corrected chi connectivity index (χ0v) is 26.8. The minimum Gasteiger partial charge on any atom is -0.449 e. The zero-order chi connectivity index (χ0) is 29.5. The van der Waals surface area contributed by atoms with Gasteiger partial charge in [-0.1, -0.05) is 63.4 Å². The lowest BCUT2D eigenvalue weighted by molar-refractivity contribution is -0.129. The number of nitrogens with zero attached hydrogens (tertiary/aromatic N) is 2. The molecule has 0 radical (unpaired) electrons. The third-order valence-corrected chi connectivity index (χ3v) is 9.46. The van der Waals surface area contributed by atoms with E-state index >= 15 is 0 Å². The molecule has 1 aromatic rings. The molecule has 1 saturated carbocycles. The van der Waals surface area contributed by atoms with E-state index in [9.17, 15) is 14.4 Å². The normalized spacial score (nSPS) is 17.7. The molecular weight excluding hydrogens is 556 g/mol. The molecule has 1 saturated heterocycles. The number of thioether (sulfide) groups is 2. The SMILES string of the molecule is CSCN(CC(=O)NC(CSCC1CCCCC1)C(=O)NC1CCN(Cc2ccccc2)CC1)C(=O)OCC(C)C. The molecule has 2 fully saturated rings. The van der Waals surface area contributed by atoms with Gasteiger partial charge in [0.05, 0.1) is 12.5 Å². The van der Waals surface area contributed by atoms with Crippen molar-refractivity contribution in [2.24, 2.45) is 11.8 Å². The van der Waals surface area contributed by atoms with Gasteiger partial charge in [-0.05, 0) is 55.1 Å². The molecule has 1 unspecified atom stereocenters. The van der Waals surface area contributed by atoms with Gasteiger partial charge in [0.1, 0.15) is 12.6 Å². The summed E-state index contributed by atoms with van der Waals surface area (Å²) in [5, 5.41) is 6.18. The molecule has 1 atom stereocenters. The molecule has 10 heteroatoms. The lowest BCUT2D eigenvalue weighted by Gasteiger charge is -2.33. The van der Waals surface area contributed by atoms with Gasteiger partial charge in [0.15, 0.2) is 0 Å². The fraction of sp³-hybridized carbons (Fsp3) is 0.710. The Morgan fingerprint density at radius 1 is 1.05 bits per heavy atom. The van der Waals surface area contributed by atoms with Crippen LogP contribution in [0.2, 0.25) is 0 Å². The van der Waals surface area contributed by atoms with E-state index in [1.165, 1.54) is 54.3 Å². The molecular formula is C31H50N4O4S2. The van der Waals surface area contributed by atoms with Crippen LogP contribution >= 0.6 is 23.5 Å². The van der Waals surface area contributed by atoms with Gasteiger partial charge < -0.3 is 15.4 Å². The third-order valence-electron chi connectivity index (χ3n) is 7.62. The molecule has 0 bridgehead atoms. The zero-order valence-electron chi connectivity index (χ0n) is 25.1. The summed E-state index contributed by atoms with van der Waals surface area (Å²) in [6.07, 6.45) is 9.54. The van der Waals surface area contributed by atoms with Crippen LogP contribution < -0.4 is 10.6 Å². The van der Waals surface area contributed by atoms with Crippen molar-refractivity contribution in [3.8, 4) is 0 Å². The Morgan fingerprint density at radius 2 is 1.76 bits per heavy atom. The first-order valence-electron chi connectivity index (χ1n) is 15.2. The fourth-order valence-electron chi connectivity index (χ4n) is 5.33. The summed E-state index contributed by atoms with van der Waals surface area (Å²) in [6.45, 7) is 6.89. The number of carbonyl (C=O) groups excluding carboxylic acids is 3. The van der Waals surface area contributed by atoms with E-state index in [4.69, 9.17) is 4.74 Å². The van der Waals surface area contributed by atoms with Crippen LogP contribution in [0.5, 0.6) is 0 Å². The van der Waals surface area contributed by atoms with Crippen LogP contribution in [-0.4, -0.2) is 89.7 Å². The van der Waals surface area contributed by atoms with Crippen LogP contribution in [0.25, 0.3) is 0 Å². The summed E-state index contributed by atoms with van der Waals surface area (Å²) in [4.78, 5) is 42.9. The van der Waals surface area contributed by atoms with Crippen LogP contribution in [0, 0.1) is 11.8 Å². The van der Waals surface area contributed by atoms with E-state index in [0.717, 1.165) is 38.2 Å². The van der Waals surface area contributed by atoms with Crippen molar-refractivity contribution in [3.63, 3.8) is 0 Å². The van der Waals surface area contributed by atoms with Crippen molar-refractivity contribution in [3.05, 3.63) is 35.9 Å². The molecule has 3 rings (SSSR count). The Kier molecular flexibility index (Phi) is 15.2. The lowest BCUT2D eigenvalue weighted by atomic mass is 9.91. The number of likely N-dealkylation sites (tertiary alicyclic amines) is 1.